The fourth-order valence-corrected chi connectivity index (χ4v) is 2.40. The third kappa shape index (κ3) is 4.58. The normalized spacial score (nSPS) is 11.2. The minimum Gasteiger partial charge on any atom is -0.492 e. The number of hydrogen-bond donors (Lipinski definition) is 3. The third-order valence-corrected chi connectivity index (χ3v) is 3.78. The molecule has 0 aliphatic heterocycles. The zero-order chi connectivity index (χ0) is 20.1. The molecule has 3 N–H and O–H groups in total. The number of hydrogen-bond acceptors (Lipinski definition) is 4. The second-order valence-corrected chi connectivity index (χ2v) is 5.70. The van der Waals surface area contributed by atoms with E-state index in [1.807, 2.05) is 0 Å². The number of amides is 2. The fraction of sp³-hybridized carbons (Fsp3) is 0.167. The number of carbonyl (C=O) groups excluding carboxylic acids is 2. The Morgan fingerprint density at radius 3 is 2.57 bits per heavy atom. The molecule has 0 fully saturated rings. The molecule has 0 spiro atoms. The van der Waals surface area contributed by atoms with Gasteiger partial charge in [0.05, 0.1) is 23.3 Å². The van der Waals surface area contributed by atoms with Gasteiger partial charge in [0.15, 0.2) is 0 Å². The van der Waals surface area contributed by atoms with Crippen molar-refractivity contribution in [3.8, 4) is 5.75 Å². The van der Waals surface area contributed by atoms with Gasteiger partial charge in [0.25, 0.3) is 0 Å². The van der Waals surface area contributed by atoms with Crippen LogP contribution in [0, 0.1) is 0 Å². The molecule has 2 aromatic heterocycles. The Kier molecular flexibility index (Phi) is 5.48. The molecule has 0 saturated carbocycles. The van der Waals surface area contributed by atoms with Crippen LogP contribution < -0.4 is 15.4 Å². The van der Waals surface area contributed by atoms with Gasteiger partial charge in [-0.25, -0.2) is 0 Å². The topological polar surface area (TPSA) is 96.1 Å². The minimum absolute atomic E-state index is 0.00269. The highest BCUT2D eigenvalue weighted by atomic mass is 19.4. The van der Waals surface area contributed by atoms with Crippen molar-refractivity contribution in [3.05, 3.63) is 54.5 Å². The van der Waals surface area contributed by atoms with Crippen molar-refractivity contribution in [2.24, 2.45) is 0 Å². The predicted octanol–water partition coefficient (Wildman–Crippen LogP) is 2.72. The van der Waals surface area contributed by atoms with E-state index >= 15 is 0 Å². The van der Waals surface area contributed by atoms with Gasteiger partial charge in [0.1, 0.15) is 12.4 Å². The van der Waals surface area contributed by atoms with Crippen LogP contribution in [0.25, 0.3) is 10.9 Å². The van der Waals surface area contributed by atoms with E-state index in [1.54, 1.807) is 24.7 Å². The number of anilines is 1. The van der Waals surface area contributed by atoms with Gasteiger partial charge in [0.2, 0.25) is 0 Å². The van der Waals surface area contributed by atoms with Gasteiger partial charge in [-0.2, -0.15) is 13.2 Å². The van der Waals surface area contributed by atoms with E-state index in [-0.39, 0.29) is 18.9 Å². The highest BCUT2D eigenvalue weighted by Crippen LogP contribution is 2.30. The molecule has 0 atom stereocenters. The molecular weight excluding hydrogens is 377 g/mol. The number of H-pyrrole nitrogens is 1. The highest BCUT2D eigenvalue weighted by molar-refractivity contribution is 6.40. The van der Waals surface area contributed by atoms with Gasteiger partial charge in [-0.15, -0.1) is 0 Å². The molecule has 0 unspecified atom stereocenters. The van der Waals surface area contributed by atoms with Crippen molar-refractivity contribution in [1.82, 2.24) is 15.3 Å². The Morgan fingerprint density at radius 2 is 1.86 bits per heavy atom. The number of halogens is 3. The van der Waals surface area contributed by atoms with Gasteiger partial charge in [-0.1, -0.05) is 0 Å². The molecule has 7 nitrogen and oxygen atoms in total. The summed E-state index contributed by atoms with van der Waals surface area (Å²) in [6.45, 7) is -0.00982. The number of fused-ring (bicyclic) bond motifs is 1. The van der Waals surface area contributed by atoms with Crippen LogP contribution in [0.2, 0.25) is 0 Å². The Hall–Kier alpha value is -3.56. The summed E-state index contributed by atoms with van der Waals surface area (Å²) >= 11 is 0. The number of nitrogens with zero attached hydrogens (tertiary/aromatic N) is 1. The highest BCUT2D eigenvalue weighted by Gasteiger charge is 2.30. The molecule has 0 aliphatic carbocycles. The number of alkyl halides is 3. The Morgan fingerprint density at radius 1 is 1.11 bits per heavy atom. The van der Waals surface area contributed by atoms with Crippen LogP contribution in [0.3, 0.4) is 0 Å². The van der Waals surface area contributed by atoms with E-state index in [9.17, 15) is 22.8 Å². The number of aromatic amines is 1. The molecule has 146 valence electrons. The second kappa shape index (κ2) is 7.99. The van der Waals surface area contributed by atoms with E-state index in [0.29, 0.717) is 11.1 Å². The first kappa shape index (κ1) is 19.2. The number of benzene rings is 1. The Labute approximate surface area is 156 Å². The average molecular weight is 392 g/mol. The minimum atomic E-state index is -4.42. The zero-order valence-corrected chi connectivity index (χ0v) is 14.3. The lowest BCUT2D eigenvalue weighted by Gasteiger charge is -2.10. The molecule has 3 aromatic rings. The first-order chi connectivity index (χ1) is 13.3. The zero-order valence-electron chi connectivity index (χ0n) is 14.3. The monoisotopic (exact) mass is 392 g/mol. The Bertz CT molecular complexity index is 984. The number of ether oxygens (including phenoxy) is 1. The number of pyridine rings is 1. The Balaban J connectivity index is 1.44. The molecule has 3 rings (SSSR count). The summed E-state index contributed by atoms with van der Waals surface area (Å²) in [5.41, 5.74) is 0.400. The van der Waals surface area contributed by atoms with Gasteiger partial charge in [0, 0.05) is 24.0 Å². The van der Waals surface area contributed by atoms with Gasteiger partial charge >= 0.3 is 18.0 Å². The van der Waals surface area contributed by atoms with Crippen LogP contribution in [-0.4, -0.2) is 34.9 Å². The van der Waals surface area contributed by atoms with Crippen LogP contribution in [-0.2, 0) is 15.8 Å². The van der Waals surface area contributed by atoms with E-state index in [2.05, 4.69) is 20.6 Å². The molecule has 1 aromatic carbocycles. The summed E-state index contributed by atoms with van der Waals surface area (Å²) in [6.07, 6.45) is 0.275. The predicted molar refractivity (Wildman–Crippen MR) is 94.7 cm³/mol. The van der Waals surface area contributed by atoms with Gasteiger partial charge in [-0.05, 0) is 30.3 Å². The summed E-state index contributed by atoms with van der Waals surface area (Å²) in [7, 11) is 0. The van der Waals surface area contributed by atoms with E-state index in [4.69, 9.17) is 4.74 Å². The quantitative estimate of drug-likeness (QED) is 0.460. The lowest BCUT2D eigenvalue weighted by Crippen LogP contribution is -2.37. The summed E-state index contributed by atoms with van der Waals surface area (Å²) in [6, 6.07) is 5.89. The van der Waals surface area contributed by atoms with Crippen LogP contribution in [0.15, 0.2) is 48.9 Å². The van der Waals surface area contributed by atoms with E-state index in [1.165, 1.54) is 12.1 Å². The average Bonchev–Trinajstić information content (AvgIpc) is 3.07. The second-order valence-electron chi connectivity index (χ2n) is 5.70. The third-order valence-electron chi connectivity index (χ3n) is 3.78. The van der Waals surface area contributed by atoms with E-state index in [0.717, 1.165) is 17.6 Å². The first-order valence-corrected chi connectivity index (χ1v) is 8.15. The smallest absolute Gasteiger partial charge is 0.416 e. The number of rotatable bonds is 5. The summed E-state index contributed by atoms with van der Waals surface area (Å²) in [5, 5.41) is 5.50. The van der Waals surface area contributed by atoms with Crippen LogP contribution in [0.4, 0.5) is 18.9 Å². The maximum absolute atomic E-state index is 12.5. The van der Waals surface area contributed by atoms with Crippen LogP contribution in [0.1, 0.15) is 5.56 Å². The molecule has 0 radical (unpaired) electrons. The van der Waals surface area contributed by atoms with Gasteiger partial charge in [-0.3, -0.25) is 14.6 Å². The number of aromatic nitrogens is 2. The summed E-state index contributed by atoms with van der Waals surface area (Å²) < 4.78 is 42.7. The molecule has 0 aliphatic rings. The first-order valence-electron chi connectivity index (χ1n) is 8.15. The molecule has 0 bridgehead atoms. The van der Waals surface area contributed by atoms with Crippen LogP contribution >= 0.6 is 0 Å². The molecule has 0 saturated heterocycles. The SMILES string of the molecule is O=C(NCCOc1ccc(C(F)(F)F)cc1)C(=O)Nc1c[nH]c2ccncc12. The molecule has 28 heavy (non-hydrogen) atoms. The van der Waals surface area contributed by atoms with Crippen molar-refractivity contribution in [2.75, 3.05) is 18.5 Å². The molecule has 10 heteroatoms. The van der Waals surface area contributed by atoms with Crippen molar-refractivity contribution < 1.29 is 27.5 Å². The lowest BCUT2D eigenvalue weighted by atomic mass is 10.2. The fourth-order valence-electron chi connectivity index (χ4n) is 2.40. The van der Waals surface area contributed by atoms with Crippen LogP contribution in [0.5, 0.6) is 5.75 Å². The maximum Gasteiger partial charge on any atom is 0.416 e. The number of carbonyl (C=O) groups is 2. The van der Waals surface area contributed by atoms with Crippen molar-refractivity contribution >= 4 is 28.4 Å². The van der Waals surface area contributed by atoms with Crippen molar-refractivity contribution in [1.29, 1.82) is 0 Å². The van der Waals surface area contributed by atoms with Gasteiger partial charge < -0.3 is 20.4 Å². The lowest BCUT2D eigenvalue weighted by molar-refractivity contribution is -0.137. The summed E-state index contributed by atoms with van der Waals surface area (Å²) in [4.78, 5) is 30.7. The van der Waals surface area contributed by atoms with E-state index < -0.39 is 23.6 Å². The molecule has 2 heterocycles. The molecular formula is C18H15F3N4O3. The largest absolute Gasteiger partial charge is 0.492 e. The summed E-state index contributed by atoms with van der Waals surface area (Å²) in [5.74, 6) is -1.51. The maximum atomic E-state index is 12.5. The number of nitrogens with one attached hydrogen (secondary N) is 3. The molecule has 2 amide bonds. The van der Waals surface area contributed by atoms with Crippen molar-refractivity contribution in [3.63, 3.8) is 0 Å². The van der Waals surface area contributed by atoms with Crippen molar-refractivity contribution in [2.45, 2.75) is 6.18 Å². The standard InChI is InChI=1S/C18H15F3N4O3/c19-18(20,21)11-1-3-12(4-2-11)28-8-7-23-16(26)17(27)25-15-10-24-14-5-6-22-9-13(14)15/h1-6,9-10,24H,7-8H2,(H,23,26)(H,25,27).